The molecule has 21 heavy (non-hydrogen) atoms. The highest BCUT2D eigenvalue weighted by molar-refractivity contribution is 9.10. The van der Waals surface area contributed by atoms with Crippen LogP contribution in [0, 0.1) is 6.92 Å². The summed E-state index contributed by atoms with van der Waals surface area (Å²) in [4.78, 5) is 12.3. The molecule has 1 aromatic carbocycles. The fraction of sp³-hybridized carbons (Fsp3) is 0.333. The SMILES string of the molecule is COc1ccc(C(=O)NC(C)c2cnn(C)c2C)cc1Br. The molecule has 0 fully saturated rings. The van der Waals surface area contributed by atoms with Crippen LogP contribution in [0.5, 0.6) is 5.75 Å². The molecule has 0 radical (unpaired) electrons. The van der Waals surface area contributed by atoms with Gasteiger partial charge in [-0.1, -0.05) is 0 Å². The van der Waals surface area contributed by atoms with Crippen molar-refractivity contribution >= 4 is 21.8 Å². The Bertz CT molecular complexity index is 667. The largest absolute Gasteiger partial charge is 0.496 e. The summed E-state index contributed by atoms with van der Waals surface area (Å²) in [6.07, 6.45) is 1.78. The molecule has 1 amide bonds. The molecule has 2 rings (SSSR count). The average molecular weight is 352 g/mol. The van der Waals surface area contributed by atoms with Gasteiger partial charge in [0.1, 0.15) is 5.75 Å². The zero-order valence-corrected chi connectivity index (χ0v) is 14.1. The van der Waals surface area contributed by atoms with E-state index in [0.717, 1.165) is 15.7 Å². The number of aryl methyl sites for hydroxylation is 1. The van der Waals surface area contributed by atoms with Crippen molar-refractivity contribution in [3.8, 4) is 5.75 Å². The number of amides is 1. The fourth-order valence-corrected chi connectivity index (χ4v) is 2.65. The number of hydrogen-bond acceptors (Lipinski definition) is 3. The molecule has 0 aliphatic carbocycles. The third kappa shape index (κ3) is 3.26. The van der Waals surface area contributed by atoms with Crippen molar-refractivity contribution in [3.63, 3.8) is 0 Å². The van der Waals surface area contributed by atoms with Gasteiger partial charge in [0, 0.05) is 23.9 Å². The van der Waals surface area contributed by atoms with Crippen LogP contribution in [-0.2, 0) is 7.05 Å². The van der Waals surface area contributed by atoms with E-state index in [4.69, 9.17) is 4.74 Å². The van der Waals surface area contributed by atoms with E-state index in [1.54, 1.807) is 36.2 Å². The van der Waals surface area contributed by atoms with Gasteiger partial charge in [-0.3, -0.25) is 9.48 Å². The minimum atomic E-state index is -0.130. The minimum Gasteiger partial charge on any atom is -0.496 e. The van der Waals surface area contributed by atoms with E-state index in [2.05, 4.69) is 26.3 Å². The Morgan fingerprint density at radius 3 is 2.71 bits per heavy atom. The number of nitrogens with zero attached hydrogens (tertiary/aromatic N) is 2. The smallest absolute Gasteiger partial charge is 0.251 e. The first-order chi connectivity index (χ1) is 9.93. The Morgan fingerprint density at radius 1 is 1.48 bits per heavy atom. The quantitative estimate of drug-likeness (QED) is 0.920. The van der Waals surface area contributed by atoms with Gasteiger partial charge in [0.25, 0.3) is 5.91 Å². The maximum atomic E-state index is 12.3. The predicted molar refractivity (Wildman–Crippen MR) is 84.5 cm³/mol. The highest BCUT2D eigenvalue weighted by Gasteiger charge is 2.16. The molecule has 0 saturated heterocycles. The van der Waals surface area contributed by atoms with Crippen LogP contribution in [0.15, 0.2) is 28.9 Å². The van der Waals surface area contributed by atoms with E-state index < -0.39 is 0 Å². The van der Waals surface area contributed by atoms with Gasteiger partial charge in [0.05, 0.1) is 23.8 Å². The van der Waals surface area contributed by atoms with Crippen molar-refractivity contribution in [1.82, 2.24) is 15.1 Å². The number of rotatable bonds is 4. The van der Waals surface area contributed by atoms with Crippen LogP contribution in [0.25, 0.3) is 0 Å². The molecule has 0 aliphatic heterocycles. The molecule has 6 heteroatoms. The number of carbonyl (C=O) groups is 1. The molecule has 0 bridgehead atoms. The van der Waals surface area contributed by atoms with Crippen molar-refractivity contribution < 1.29 is 9.53 Å². The van der Waals surface area contributed by atoms with Crippen LogP contribution >= 0.6 is 15.9 Å². The molecule has 1 N–H and O–H groups in total. The normalized spacial score (nSPS) is 12.0. The third-order valence-electron chi connectivity index (χ3n) is 3.50. The Kier molecular flexibility index (Phi) is 4.67. The zero-order valence-electron chi connectivity index (χ0n) is 12.5. The Hall–Kier alpha value is -1.82. The maximum Gasteiger partial charge on any atom is 0.251 e. The molecule has 0 aliphatic rings. The number of halogens is 1. The average Bonchev–Trinajstić information content (AvgIpc) is 2.78. The van der Waals surface area contributed by atoms with Gasteiger partial charge in [0.2, 0.25) is 0 Å². The summed E-state index contributed by atoms with van der Waals surface area (Å²) < 4.78 is 7.71. The molecule has 1 atom stereocenters. The second kappa shape index (κ2) is 6.30. The Labute approximate surface area is 132 Å². The van der Waals surface area contributed by atoms with E-state index in [1.807, 2.05) is 20.9 Å². The van der Waals surface area contributed by atoms with Crippen LogP contribution in [0.3, 0.4) is 0 Å². The van der Waals surface area contributed by atoms with E-state index >= 15 is 0 Å². The molecule has 1 aromatic heterocycles. The molecule has 0 spiro atoms. The van der Waals surface area contributed by atoms with E-state index in [9.17, 15) is 4.79 Å². The summed E-state index contributed by atoms with van der Waals surface area (Å²) in [5, 5.41) is 7.17. The number of ether oxygens (including phenoxy) is 1. The van der Waals surface area contributed by atoms with Gasteiger partial charge in [-0.05, 0) is 48.0 Å². The van der Waals surface area contributed by atoms with Crippen molar-refractivity contribution in [1.29, 1.82) is 0 Å². The summed E-state index contributed by atoms with van der Waals surface area (Å²) in [6.45, 7) is 3.93. The lowest BCUT2D eigenvalue weighted by Crippen LogP contribution is -2.27. The summed E-state index contributed by atoms with van der Waals surface area (Å²) in [6, 6.07) is 5.14. The molecule has 1 unspecified atom stereocenters. The van der Waals surface area contributed by atoms with Gasteiger partial charge in [-0.25, -0.2) is 0 Å². The second-order valence-electron chi connectivity index (χ2n) is 4.85. The summed E-state index contributed by atoms with van der Waals surface area (Å²) in [7, 11) is 3.47. The zero-order chi connectivity index (χ0) is 15.6. The molecular weight excluding hydrogens is 334 g/mol. The monoisotopic (exact) mass is 351 g/mol. The van der Waals surface area contributed by atoms with Gasteiger partial charge < -0.3 is 10.1 Å². The van der Waals surface area contributed by atoms with Crippen LogP contribution < -0.4 is 10.1 Å². The standard InChI is InChI=1S/C15H18BrN3O2/c1-9(12-8-17-19(3)10(12)2)18-15(20)11-5-6-14(21-4)13(16)7-11/h5-9H,1-4H3,(H,18,20). The highest BCUT2D eigenvalue weighted by Crippen LogP contribution is 2.26. The lowest BCUT2D eigenvalue weighted by molar-refractivity contribution is 0.0939. The Balaban J connectivity index is 2.14. The van der Waals surface area contributed by atoms with Gasteiger partial charge in [-0.15, -0.1) is 0 Å². The van der Waals surface area contributed by atoms with Crippen LogP contribution in [0.1, 0.15) is 34.6 Å². The van der Waals surface area contributed by atoms with Gasteiger partial charge in [-0.2, -0.15) is 5.10 Å². The summed E-state index contributed by atoms with van der Waals surface area (Å²) in [5.41, 5.74) is 2.63. The first kappa shape index (κ1) is 15.6. The van der Waals surface area contributed by atoms with Crippen LogP contribution in [0.2, 0.25) is 0 Å². The molecular formula is C15H18BrN3O2. The number of hydrogen-bond donors (Lipinski definition) is 1. The van der Waals surface area contributed by atoms with Crippen molar-refractivity contribution in [2.75, 3.05) is 7.11 Å². The molecule has 0 saturated carbocycles. The number of methoxy groups -OCH3 is 1. The fourth-order valence-electron chi connectivity index (χ4n) is 2.11. The highest BCUT2D eigenvalue weighted by atomic mass is 79.9. The van der Waals surface area contributed by atoms with Gasteiger partial charge in [0.15, 0.2) is 0 Å². The number of benzene rings is 1. The summed E-state index contributed by atoms with van der Waals surface area (Å²) >= 11 is 3.38. The van der Waals surface area contributed by atoms with Crippen LogP contribution in [0.4, 0.5) is 0 Å². The number of nitrogens with one attached hydrogen (secondary N) is 1. The van der Waals surface area contributed by atoms with E-state index in [1.165, 1.54) is 0 Å². The molecule has 1 heterocycles. The van der Waals surface area contributed by atoms with E-state index in [-0.39, 0.29) is 11.9 Å². The van der Waals surface area contributed by atoms with Crippen molar-refractivity contribution in [2.45, 2.75) is 19.9 Å². The molecule has 112 valence electrons. The summed E-state index contributed by atoms with van der Waals surface area (Å²) in [5.74, 6) is 0.566. The number of carbonyl (C=O) groups excluding carboxylic acids is 1. The minimum absolute atomic E-state index is 0.105. The second-order valence-corrected chi connectivity index (χ2v) is 5.71. The lowest BCUT2D eigenvalue weighted by Gasteiger charge is -2.14. The lowest BCUT2D eigenvalue weighted by atomic mass is 10.1. The van der Waals surface area contributed by atoms with Crippen LogP contribution in [-0.4, -0.2) is 22.8 Å². The van der Waals surface area contributed by atoms with E-state index in [0.29, 0.717) is 11.3 Å². The van der Waals surface area contributed by atoms with Gasteiger partial charge >= 0.3 is 0 Å². The van der Waals surface area contributed by atoms with Crippen molar-refractivity contribution in [2.24, 2.45) is 7.05 Å². The molecule has 5 nitrogen and oxygen atoms in total. The molecule has 2 aromatic rings. The maximum absolute atomic E-state index is 12.3. The number of aromatic nitrogens is 2. The predicted octanol–water partition coefficient (Wildman–Crippen LogP) is 2.99. The topological polar surface area (TPSA) is 56.1 Å². The first-order valence-corrected chi connectivity index (χ1v) is 7.36. The first-order valence-electron chi connectivity index (χ1n) is 6.57. The van der Waals surface area contributed by atoms with Crippen molar-refractivity contribution in [3.05, 3.63) is 45.7 Å². The third-order valence-corrected chi connectivity index (χ3v) is 4.12. The Morgan fingerprint density at radius 2 is 2.19 bits per heavy atom.